The fourth-order valence-corrected chi connectivity index (χ4v) is 2.79. The van der Waals surface area contributed by atoms with Crippen LogP contribution in [0.25, 0.3) is 0 Å². The molecule has 1 aliphatic heterocycles. The van der Waals surface area contributed by atoms with Crippen LogP contribution in [0.5, 0.6) is 5.75 Å². The molecule has 2 N–H and O–H groups in total. The van der Waals surface area contributed by atoms with Gasteiger partial charge in [0.1, 0.15) is 11.4 Å². The van der Waals surface area contributed by atoms with E-state index in [0.717, 1.165) is 4.85 Å². The molecular formula is C17H17N3O5. The van der Waals surface area contributed by atoms with Crippen molar-refractivity contribution in [3.63, 3.8) is 0 Å². The predicted octanol–water partition coefficient (Wildman–Crippen LogP) is 0.179. The van der Waals surface area contributed by atoms with E-state index >= 15 is 0 Å². The number of rotatable bonds is 3. The Bertz CT molecular complexity index is 902. The van der Waals surface area contributed by atoms with Crippen LogP contribution in [0.3, 0.4) is 0 Å². The second kappa shape index (κ2) is 5.88. The first kappa shape index (κ1) is 17.0. The lowest BCUT2D eigenvalue weighted by Crippen LogP contribution is -2.64. The molecule has 0 spiro atoms. The summed E-state index contributed by atoms with van der Waals surface area (Å²) in [5.41, 5.74) is -2.99. The standard InChI is InChI=1S/C17H17N3O5/c1-16(2)17(23,10-21)15(25-20-14(22)4-3-7-19-20)12-8-11(9-18)5-6-13(12)24-16/h3-8,15,21,23H,10H2,1-2H3/t15-,17+/m1/s1. The van der Waals surface area contributed by atoms with E-state index in [0.29, 0.717) is 16.9 Å². The van der Waals surface area contributed by atoms with Gasteiger partial charge in [-0.15, -0.1) is 5.10 Å². The van der Waals surface area contributed by atoms with E-state index in [1.807, 2.05) is 6.07 Å². The van der Waals surface area contributed by atoms with Crippen molar-refractivity contribution in [1.29, 1.82) is 5.26 Å². The van der Waals surface area contributed by atoms with Crippen molar-refractivity contribution < 1.29 is 19.8 Å². The van der Waals surface area contributed by atoms with Gasteiger partial charge in [-0.1, -0.05) is 4.85 Å². The van der Waals surface area contributed by atoms with Gasteiger partial charge in [-0.05, 0) is 38.1 Å². The molecule has 8 nitrogen and oxygen atoms in total. The maximum atomic E-state index is 11.9. The first-order chi connectivity index (χ1) is 11.8. The lowest BCUT2D eigenvalue weighted by Gasteiger charge is -2.49. The molecular weight excluding hydrogens is 326 g/mol. The average molecular weight is 343 g/mol. The Labute approximate surface area is 143 Å². The normalized spacial score (nSPS) is 23.9. The number of nitrogens with zero attached hydrogens (tertiary/aromatic N) is 3. The molecule has 1 aromatic carbocycles. The van der Waals surface area contributed by atoms with Gasteiger partial charge in [0.2, 0.25) is 0 Å². The van der Waals surface area contributed by atoms with Crippen molar-refractivity contribution in [2.45, 2.75) is 31.2 Å². The van der Waals surface area contributed by atoms with E-state index in [1.165, 1.54) is 24.4 Å². The number of hydrogen-bond acceptors (Lipinski definition) is 7. The third kappa shape index (κ3) is 2.63. The number of fused-ring (bicyclic) bond motifs is 1. The molecule has 1 aliphatic rings. The Morgan fingerprint density at radius 2 is 2.20 bits per heavy atom. The summed E-state index contributed by atoms with van der Waals surface area (Å²) < 4.78 is 5.82. The highest BCUT2D eigenvalue weighted by Crippen LogP contribution is 2.47. The number of nitriles is 1. The third-order valence-corrected chi connectivity index (χ3v) is 4.39. The molecule has 130 valence electrons. The predicted molar refractivity (Wildman–Crippen MR) is 85.7 cm³/mol. The minimum atomic E-state index is -1.88. The highest BCUT2D eigenvalue weighted by atomic mass is 16.7. The molecule has 2 heterocycles. The number of hydrogen-bond donors (Lipinski definition) is 2. The molecule has 0 fully saturated rings. The van der Waals surface area contributed by atoms with Gasteiger partial charge in [0.05, 0.1) is 24.4 Å². The van der Waals surface area contributed by atoms with Gasteiger partial charge < -0.3 is 19.8 Å². The quantitative estimate of drug-likeness (QED) is 0.816. The van der Waals surface area contributed by atoms with Gasteiger partial charge in [-0.2, -0.15) is 5.26 Å². The molecule has 3 rings (SSSR count). The molecule has 0 unspecified atom stereocenters. The van der Waals surface area contributed by atoms with Gasteiger partial charge in [0.25, 0.3) is 0 Å². The van der Waals surface area contributed by atoms with Crippen molar-refractivity contribution in [2.75, 3.05) is 6.61 Å². The van der Waals surface area contributed by atoms with E-state index in [-0.39, 0.29) is 0 Å². The Balaban J connectivity index is 2.19. The van der Waals surface area contributed by atoms with Crippen molar-refractivity contribution >= 4 is 0 Å². The van der Waals surface area contributed by atoms with Gasteiger partial charge >= 0.3 is 5.56 Å². The van der Waals surface area contributed by atoms with E-state index in [1.54, 1.807) is 26.0 Å². The molecule has 2 atom stereocenters. The molecule has 0 saturated carbocycles. The van der Waals surface area contributed by atoms with Crippen molar-refractivity contribution in [3.8, 4) is 11.8 Å². The Morgan fingerprint density at radius 1 is 1.44 bits per heavy atom. The highest BCUT2D eigenvalue weighted by Gasteiger charge is 2.58. The third-order valence-electron chi connectivity index (χ3n) is 4.39. The van der Waals surface area contributed by atoms with Gasteiger partial charge in [-0.3, -0.25) is 4.79 Å². The second-order valence-electron chi connectivity index (χ2n) is 6.28. The summed E-state index contributed by atoms with van der Waals surface area (Å²) in [7, 11) is 0. The van der Waals surface area contributed by atoms with Crippen LogP contribution in [-0.2, 0) is 0 Å². The Hall–Kier alpha value is -2.89. The van der Waals surface area contributed by atoms with E-state index < -0.39 is 29.5 Å². The van der Waals surface area contributed by atoms with Crippen LogP contribution in [0.2, 0.25) is 0 Å². The number of ether oxygens (including phenoxy) is 1. The molecule has 0 bridgehead atoms. The van der Waals surface area contributed by atoms with Crippen LogP contribution in [0.4, 0.5) is 0 Å². The van der Waals surface area contributed by atoms with Crippen LogP contribution in [0.15, 0.2) is 41.3 Å². The molecule has 8 heteroatoms. The van der Waals surface area contributed by atoms with E-state index in [9.17, 15) is 15.0 Å². The maximum absolute atomic E-state index is 11.9. The van der Waals surface area contributed by atoms with Gasteiger partial charge in [-0.25, -0.2) is 0 Å². The van der Waals surface area contributed by atoms with Crippen LogP contribution in [0.1, 0.15) is 31.1 Å². The summed E-state index contributed by atoms with van der Waals surface area (Å²) in [6, 6.07) is 9.36. The first-order valence-corrected chi connectivity index (χ1v) is 7.60. The van der Waals surface area contributed by atoms with Crippen LogP contribution >= 0.6 is 0 Å². The zero-order valence-corrected chi connectivity index (χ0v) is 13.7. The molecule has 2 aromatic rings. The Kier molecular flexibility index (Phi) is 3.99. The summed E-state index contributed by atoms with van der Waals surface area (Å²) in [6.07, 6.45) is 0.174. The molecule has 0 aliphatic carbocycles. The van der Waals surface area contributed by atoms with Crippen molar-refractivity contribution in [3.05, 3.63) is 58.0 Å². The number of aromatic nitrogens is 2. The zero-order valence-electron chi connectivity index (χ0n) is 13.7. The minimum absolute atomic E-state index is 0.323. The molecule has 1 aromatic heterocycles. The smallest absolute Gasteiger partial charge is 0.303 e. The highest BCUT2D eigenvalue weighted by molar-refractivity contribution is 5.47. The lowest BCUT2D eigenvalue weighted by molar-refractivity contribution is -0.229. The van der Waals surface area contributed by atoms with Crippen LogP contribution < -0.4 is 15.1 Å². The van der Waals surface area contributed by atoms with Crippen molar-refractivity contribution in [1.82, 2.24) is 9.94 Å². The molecule has 25 heavy (non-hydrogen) atoms. The maximum Gasteiger partial charge on any atom is 0.303 e. The Morgan fingerprint density at radius 3 is 2.84 bits per heavy atom. The summed E-state index contributed by atoms with van der Waals surface area (Å²) in [4.78, 5) is 18.3. The topological polar surface area (TPSA) is 118 Å². The fraction of sp³-hybridized carbons (Fsp3) is 0.353. The molecule has 0 saturated heterocycles. The van der Waals surface area contributed by atoms with Gasteiger partial charge in [0, 0.05) is 11.6 Å². The van der Waals surface area contributed by atoms with Crippen LogP contribution in [-0.4, -0.2) is 38.0 Å². The zero-order chi connectivity index (χ0) is 18.2. The molecule has 0 radical (unpaired) electrons. The summed E-state index contributed by atoms with van der Waals surface area (Å²) in [5.74, 6) is 0.385. The van der Waals surface area contributed by atoms with Crippen LogP contribution in [0, 0.1) is 11.3 Å². The molecule has 0 amide bonds. The fourth-order valence-electron chi connectivity index (χ4n) is 2.79. The summed E-state index contributed by atoms with van der Waals surface area (Å²) >= 11 is 0. The van der Waals surface area contributed by atoms with E-state index in [2.05, 4.69) is 5.10 Å². The first-order valence-electron chi connectivity index (χ1n) is 7.60. The minimum Gasteiger partial charge on any atom is -0.484 e. The SMILES string of the molecule is CC1(C)Oc2ccc(C#N)cc2[C@@H](On2ncccc2=O)[C@@]1(O)CO. The number of benzene rings is 1. The second-order valence-corrected chi connectivity index (χ2v) is 6.28. The lowest BCUT2D eigenvalue weighted by atomic mass is 9.76. The van der Waals surface area contributed by atoms with Gasteiger partial charge in [0.15, 0.2) is 11.7 Å². The summed E-state index contributed by atoms with van der Waals surface area (Å²) in [6.45, 7) is 2.51. The average Bonchev–Trinajstić information content (AvgIpc) is 2.59. The summed E-state index contributed by atoms with van der Waals surface area (Å²) in [5, 5.41) is 33.9. The largest absolute Gasteiger partial charge is 0.484 e. The number of aliphatic hydroxyl groups excluding tert-OH is 1. The van der Waals surface area contributed by atoms with Crippen molar-refractivity contribution in [2.24, 2.45) is 0 Å². The number of aliphatic hydroxyl groups is 2. The van der Waals surface area contributed by atoms with E-state index in [4.69, 9.17) is 14.8 Å². The monoisotopic (exact) mass is 343 g/mol.